The number of hydrogen-bond acceptors (Lipinski definition) is 3. The van der Waals surface area contributed by atoms with Crippen LogP contribution in [0.2, 0.25) is 10.0 Å². The maximum absolute atomic E-state index is 12.0. The number of aromatic nitrogens is 3. The summed E-state index contributed by atoms with van der Waals surface area (Å²) in [6, 6.07) is 5.08. The van der Waals surface area contributed by atoms with Gasteiger partial charge in [0.05, 0.1) is 5.69 Å². The van der Waals surface area contributed by atoms with E-state index < -0.39 is 0 Å². The van der Waals surface area contributed by atoms with Crippen molar-refractivity contribution in [2.45, 2.75) is 18.8 Å². The fourth-order valence-electron chi connectivity index (χ4n) is 2.58. The number of nitrogens with one attached hydrogen (secondary N) is 2. The van der Waals surface area contributed by atoms with E-state index in [4.69, 9.17) is 23.2 Å². The number of rotatable bonds is 2. The Hall–Kier alpha value is -1.30. The number of benzene rings is 1. The third-order valence-corrected chi connectivity index (χ3v) is 3.94. The molecule has 1 aromatic carbocycles. The lowest BCUT2D eigenvalue weighted by Gasteiger charge is -2.22. The summed E-state index contributed by atoms with van der Waals surface area (Å²) in [7, 11) is 0. The lowest BCUT2D eigenvalue weighted by Crippen LogP contribution is -2.29. The van der Waals surface area contributed by atoms with Gasteiger partial charge in [-0.1, -0.05) is 23.2 Å². The van der Waals surface area contributed by atoms with Crippen LogP contribution < -0.4 is 11.0 Å². The number of nitrogens with zero attached hydrogens (tertiary/aromatic N) is 2. The largest absolute Gasteiger partial charge is 0.347 e. The maximum atomic E-state index is 12.0. The third kappa shape index (κ3) is 2.61. The molecule has 0 unspecified atom stereocenters. The van der Waals surface area contributed by atoms with Gasteiger partial charge in [0.15, 0.2) is 0 Å². The summed E-state index contributed by atoms with van der Waals surface area (Å²) in [6.07, 6.45) is 1.91. The van der Waals surface area contributed by atoms with Gasteiger partial charge in [-0.2, -0.15) is 5.10 Å². The first-order valence-electron chi connectivity index (χ1n) is 6.49. The zero-order valence-corrected chi connectivity index (χ0v) is 12.2. The summed E-state index contributed by atoms with van der Waals surface area (Å²) in [5.74, 6) is 1.00. The molecule has 1 fully saturated rings. The normalized spacial score (nSPS) is 16.5. The summed E-state index contributed by atoms with van der Waals surface area (Å²) in [5.41, 5.74) is 0.381. The predicted molar refractivity (Wildman–Crippen MR) is 79.0 cm³/mol. The van der Waals surface area contributed by atoms with Gasteiger partial charge >= 0.3 is 5.69 Å². The van der Waals surface area contributed by atoms with Gasteiger partial charge in [-0.05, 0) is 44.1 Å². The van der Waals surface area contributed by atoms with Crippen LogP contribution in [0.5, 0.6) is 0 Å². The maximum Gasteiger partial charge on any atom is 0.347 e. The smallest absolute Gasteiger partial charge is 0.317 e. The first-order chi connectivity index (χ1) is 9.65. The Balaban J connectivity index is 2.08. The van der Waals surface area contributed by atoms with Crippen molar-refractivity contribution < 1.29 is 0 Å². The van der Waals surface area contributed by atoms with Gasteiger partial charge in [0.1, 0.15) is 5.82 Å². The van der Waals surface area contributed by atoms with Gasteiger partial charge in [0.2, 0.25) is 0 Å². The van der Waals surface area contributed by atoms with Crippen molar-refractivity contribution >= 4 is 23.2 Å². The van der Waals surface area contributed by atoms with Crippen LogP contribution in [0.1, 0.15) is 24.6 Å². The molecule has 3 rings (SSSR count). The van der Waals surface area contributed by atoms with Gasteiger partial charge in [0, 0.05) is 16.0 Å². The Morgan fingerprint density at radius 3 is 2.45 bits per heavy atom. The van der Waals surface area contributed by atoms with E-state index >= 15 is 0 Å². The lowest BCUT2D eigenvalue weighted by molar-refractivity contribution is 0.440. The Morgan fingerprint density at radius 1 is 1.15 bits per heavy atom. The van der Waals surface area contributed by atoms with Crippen molar-refractivity contribution in [1.29, 1.82) is 0 Å². The molecule has 0 amide bonds. The average molecular weight is 313 g/mol. The highest BCUT2D eigenvalue weighted by molar-refractivity contribution is 6.34. The van der Waals surface area contributed by atoms with E-state index in [-0.39, 0.29) is 11.6 Å². The van der Waals surface area contributed by atoms with Crippen molar-refractivity contribution in [2.75, 3.05) is 13.1 Å². The summed E-state index contributed by atoms with van der Waals surface area (Å²) >= 11 is 12.0. The minimum Gasteiger partial charge on any atom is -0.317 e. The van der Waals surface area contributed by atoms with E-state index in [0.29, 0.717) is 15.7 Å². The fraction of sp³-hybridized carbons (Fsp3) is 0.385. The molecule has 20 heavy (non-hydrogen) atoms. The zero-order valence-electron chi connectivity index (χ0n) is 10.7. The van der Waals surface area contributed by atoms with Crippen LogP contribution in [0.15, 0.2) is 23.0 Å². The molecule has 7 heteroatoms. The van der Waals surface area contributed by atoms with Gasteiger partial charge in [-0.25, -0.2) is 14.5 Å². The second kappa shape index (κ2) is 5.60. The van der Waals surface area contributed by atoms with Crippen molar-refractivity contribution in [3.8, 4) is 5.69 Å². The van der Waals surface area contributed by atoms with Crippen LogP contribution in [0.25, 0.3) is 5.69 Å². The molecule has 0 aliphatic carbocycles. The van der Waals surface area contributed by atoms with Crippen LogP contribution in [0, 0.1) is 0 Å². The van der Waals surface area contributed by atoms with Crippen molar-refractivity contribution in [3.05, 3.63) is 44.6 Å². The number of hydrogen-bond donors (Lipinski definition) is 2. The highest BCUT2D eigenvalue weighted by atomic mass is 35.5. The van der Waals surface area contributed by atoms with E-state index in [1.165, 1.54) is 0 Å². The SMILES string of the molecule is O=c1[nH]nc(C2CCNCC2)n1-c1cc(Cl)cc(Cl)c1. The van der Waals surface area contributed by atoms with E-state index in [1.807, 2.05) is 0 Å². The predicted octanol–water partition coefficient (Wildman–Crippen LogP) is 2.33. The third-order valence-electron chi connectivity index (χ3n) is 3.51. The Morgan fingerprint density at radius 2 is 1.80 bits per heavy atom. The molecule has 1 aliphatic heterocycles. The van der Waals surface area contributed by atoms with E-state index in [2.05, 4.69) is 15.5 Å². The lowest BCUT2D eigenvalue weighted by atomic mass is 9.97. The molecule has 0 bridgehead atoms. The quantitative estimate of drug-likeness (QED) is 0.894. The summed E-state index contributed by atoms with van der Waals surface area (Å²) in [5, 5.41) is 11.0. The standard InChI is InChI=1S/C13H14Cl2N4O/c14-9-5-10(15)7-11(6-9)19-12(17-18-13(19)20)8-1-3-16-4-2-8/h5-8,16H,1-4H2,(H,18,20). The molecule has 0 atom stereocenters. The number of halogens is 2. The second-order valence-corrected chi connectivity index (χ2v) is 5.75. The molecule has 0 saturated carbocycles. The molecular formula is C13H14Cl2N4O. The molecule has 1 saturated heterocycles. The molecule has 2 aromatic rings. The molecule has 5 nitrogen and oxygen atoms in total. The van der Waals surface area contributed by atoms with Crippen LogP contribution in [0.4, 0.5) is 0 Å². The van der Waals surface area contributed by atoms with Crippen LogP contribution >= 0.6 is 23.2 Å². The highest BCUT2D eigenvalue weighted by Crippen LogP contribution is 2.26. The molecule has 106 valence electrons. The molecule has 0 spiro atoms. The van der Waals surface area contributed by atoms with Gasteiger partial charge in [-0.3, -0.25) is 0 Å². The molecule has 1 aromatic heterocycles. The van der Waals surface area contributed by atoms with E-state index in [9.17, 15) is 4.79 Å². The first-order valence-corrected chi connectivity index (χ1v) is 7.25. The monoisotopic (exact) mass is 312 g/mol. The average Bonchev–Trinajstić information content (AvgIpc) is 2.80. The number of piperidine rings is 1. The highest BCUT2D eigenvalue weighted by Gasteiger charge is 2.22. The van der Waals surface area contributed by atoms with Crippen LogP contribution in [-0.2, 0) is 0 Å². The van der Waals surface area contributed by atoms with E-state index in [0.717, 1.165) is 31.8 Å². The summed E-state index contributed by atoms with van der Waals surface area (Å²) in [4.78, 5) is 12.0. The van der Waals surface area contributed by atoms with Crippen molar-refractivity contribution in [2.24, 2.45) is 0 Å². The molecule has 2 N–H and O–H groups in total. The minimum absolute atomic E-state index is 0.257. The molecular weight excluding hydrogens is 299 g/mol. The van der Waals surface area contributed by atoms with Gasteiger partial charge in [0.25, 0.3) is 0 Å². The topological polar surface area (TPSA) is 62.7 Å². The number of aromatic amines is 1. The fourth-order valence-corrected chi connectivity index (χ4v) is 3.10. The molecule has 0 radical (unpaired) electrons. The Kier molecular flexibility index (Phi) is 3.83. The minimum atomic E-state index is -0.267. The summed E-state index contributed by atoms with van der Waals surface area (Å²) < 4.78 is 1.56. The Bertz CT molecular complexity index is 653. The summed E-state index contributed by atoms with van der Waals surface area (Å²) in [6.45, 7) is 1.87. The van der Waals surface area contributed by atoms with Crippen molar-refractivity contribution in [1.82, 2.24) is 20.1 Å². The van der Waals surface area contributed by atoms with Gasteiger partial charge < -0.3 is 5.32 Å². The Labute approximate surface area is 125 Å². The first kappa shape index (κ1) is 13.7. The number of H-pyrrole nitrogens is 1. The van der Waals surface area contributed by atoms with E-state index in [1.54, 1.807) is 22.8 Å². The van der Waals surface area contributed by atoms with Crippen molar-refractivity contribution in [3.63, 3.8) is 0 Å². The molecule has 1 aliphatic rings. The van der Waals surface area contributed by atoms with Crippen LogP contribution in [-0.4, -0.2) is 27.9 Å². The second-order valence-electron chi connectivity index (χ2n) is 4.87. The molecule has 2 heterocycles. The van der Waals surface area contributed by atoms with Crippen LogP contribution in [0.3, 0.4) is 0 Å². The van der Waals surface area contributed by atoms with Gasteiger partial charge in [-0.15, -0.1) is 0 Å². The zero-order chi connectivity index (χ0) is 14.1.